The second-order valence-electron chi connectivity index (χ2n) is 6.53. The van der Waals surface area contributed by atoms with Crippen molar-refractivity contribution in [3.63, 3.8) is 0 Å². The highest BCUT2D eigenvalue weighted by Gasteiger charge is 2.23. The first-order valence-electron chi connectivity index (χ1n) is 8.60. The minimum absolute atomic E-state index is 0.254. The first kappa shape index (κ1) is 16.6. The lowest BCUT2D eigenvalue weighted by Gasteiger charge is -2.23. The van der Waals surface area contributed by atoms with E-state index in [4.69, 9.17) is 0 Å². The second kappa shape index (κ2) is 6.49. The second-order valence-corrected chi connectivity index (χ2v) is 6.53. The molecule has 8 nitrogen and oxygen atoms in total. The molecule has 0 aliphatic carbocycles. The molecule has 1 fully saturated rings. The van der Waals surface area contributed by atoms with Crippen LogP contribution in [0, 0.1) is 12.7 Å². The van der Waals surface area contributed by atoms with Crippen molar-refractivity contribution < 1.29 is 9.18 Å². The van der Waals surface area contributed by atoms with Crippen LogP contribution >= 0.6 is 0 Å². The average Bonchev–Trinajstić information content (AvgIpc) is 3.16. The number of benzene rings is 1. The van der Waals surface area contributed by atoms with Crippen LogP contribution in [0.5, 0.6) is 0 Å². The molecule has 1 aliphatic heterocycles. The standard InChI is InChI=1S/C17H20FN7O/c1-10-15(22-23-25(10)12-5-7-19-8-6-12)16(26)21-17-20-13-9-11(18)3-4-14(13)24(17)2/h3-4,9,12,19H,5-8H2,1-2H3,(H,20,21,26). The summed E-state index contributed by atoms with van der Waals surface area (Å²) in [5.74, 6) is -0.401. The largest absolute Gasteiger partial charge is 0.317 e. The Morgan fingerprint density at radius 3 is 2.88 bits per heavy atom. The van der Waals surface area contributed by atoms with Crippen LogP contribution in [0.3, 0.4) is 0 Å². The van der Waals surface area contributed by atoms with E-state index in [-0.39, 0.29) is 23.5 Å². The summed E-state index contributed by atoms with van der Waals surface area (Å²) in [5, 5.41) is 14.3. The zero-order chi connectivity index (χ0) is 18.3. The Bertz CT molecular complexity index is 971. The number of halogens is 1. The fourth-order valence-electron chi connectivity index (χ4n) is 3.39. The molecule has 3 heterocycles. The summed E-state index contributed by atoms with van der Waals surface area (Å²) < 4.78 is 16.9. The number of nitrogens with zero attached hydrogens (tertiary/aromatic N) is 5. The van der Waals surface area contributed by atoms with Crippen LogP contribution in [-0.4, -0.2) is 43.5 Å². The number of amides is 1. The number of rotatable bonds is 3. The molecule has 9 heteroatoms. The Labute approximate surface area is 149 Å². The molecule has 1 aromatic carbocycles. The SMILES string of the molecule is Cc1c(C(=O)Nc2nc3cc(F)ccc3n2C)nnn1C1CCNCC1. The van der Waals surface area contributed by atoms with Crippen LogP contribution in [0.1, 0.15) is 35.1 Å². The van der Waals surface area contributed by atoms with E-state index in [1.165, 1.54) is 12.1 Å². The first-order valence-corrected chi connectivity index (χ1v) is 8.60. The summed E-state index contributed by atoms with van der Waals surface area (Å²) in [4.78, 5) is 17.0. The third kappa shape index (κ3) is 2.84. The van der Waals surface area contributed by atoms with E-state index in [0.717, 1.165) is 37.1 Å². The molecule has 136 valence electrons. The highest BCUT2D eigenvalue weighted by Crippen LogP contribution is 2.22. The molecule has 0 radical (unpaired) electrons. The first-order chi connectivity index (χ1) is 12.5. The van der Waals surface area contributed by atoms with E-state index in [1.807, 2.05) is 11.6 Å². The quantitative estimate of drug-likeness (QED) is 0.746. The van der Waals surface area contributed by atoms with E-state index >= 15 is 0 Å². The smallest absolute Gasteiger partial charge is 0.280 e. The molecule has 0 atom stereocenters. The summed E-state index contributed by atoms with van der Waals surface area (Å²) in [5.41, 5.74) is 2.23. The van der Waals surface area contributed by atoms with E-state index < -0.39 is 0 Å². The molecule has 2 N–H and O–H groups in total. The summed E-state index contributed by atoms with van der Waals surface area (Å²) in [7, 11) is 1.77. The van der Waals surface area contributed by atoms with Gasteiger partial charge in [0.1, 0.15) is 5.82 Å². The van der Waals surface area contributed by atoms with Crippen molar-refractivity contribution in [1.82, 2.24) is 29.9 Å². The van der Waals surface area contributed by atoms with Crippen LogP contribution in [0.15, 0.2) is 18.2 Å². The van der Waals surface area contributed by atoms with Crippen LogP contribution in [0.4, 0.5) is 10.3 Å². The summed E-state index contributed by atoms with van der Waals surface area (Å²) in [6, 6.07) is 4.59. The fourth-order valence-corrected chi connectivity index (χ4v) is 3.39. The number of carbonyl (C=O) groups excluding carboxylic acids is 1. The third-order valence-corrected chi connectivity index (χ3v) is 4.87. The van der Waals surface area contributed by atoms with Crippen molar-refractivity contribution in [2.24, 2.45) is 7.05 Å². The molecule has 0 unspecified atom stereocenters. The molecular formula is C17H20FN7O. The van der Waals surface area contributed by atoms with E-state index in [2.05, 4.69) is 25.9 Å². The van der Waals surface area contributed by atoms with Crippen molar-refractivity contribution in [3.8, 4) is 0 Å². The van der Waals surface area contributed by atoms with Crippen molar-refractivity contribution in [1.29, 1.82) is 0 Å². The van der Waals surface area contributed by atoms with Gasteiger partial charge >= 0.3 is 0 Å². The molecule has 4 rings (SSSR count). The number of piperidine rings is 1. The number of fused-ring (bicyclic) bond motifs is 1. The number of aromatic nitrogens is 5. The van der Waals surface area contributed by atoms with Gasteiger partial charge in [0.2, 0.25) is 5.95 Å². The Hall–Kier alpha value is -2.81. The highest BCUT2D eigenvalue weighted by atomic mass is 19.1. The minimum Gasteiger partial charge on any atom is -0.317 e. The van der Waals surface area contributed by atoms with Crippen molar-refractivity contribution in [2.45, 2.75) is 25.8 Å². The Kier molecular flexibility index (Phi) is 4.15. The monoisotopic (exact) mass is 357 g/mol. The molecule has 1 aliphatic rings. The number of hydrogen-bond donors (Lipinski definition) is 2. The molecule has 3 aromatic rings. The van der Waals surface area contributed by atoms with Crippen LogP contribution in [0.2, 0.25) is 0 Å². The summed E-state index contributed by atoms with van der Waals surface area (Å²) in [6.07, 6.45) is 1.92. The predicted octanol–water partition coefficient (Wildman–Crippen LogP) is 1.79. The molecule has 0 bridgehead atoms. The number of aryl methyl sites for hydroxylation is 1. The number of hydrogen-bond acceptors (Lipinski definition) is 5. The number of imidazole rings is 1. The van der Waals surface area contributed by atoms with Gasteiger partial charge < -0.3 is 9.88 Å². The normalized spacial score (nSPS) is 15.5. The number of nitrogens with one attached hydrogen (secondary N) is 2. The van der Waals surface area contributed by atoms with Gasteiger partial charge in [0.15, 0.2) is 5.69 Å². The Balaban J connectivity index is 1.59. The number of anilines is 1. The van der Waals surface area contributed by atoms with Gasteiger partial charge in [-0.3, -0.25) is 10.1 Å². The Morgan fingerprint density at radius 2 is 2.12 bits per heavy atom. The molecule has 2 aromatic heterocycles. The number of carbonyl (C=O) groups is 1. The maximum absolute atomic E-state index is 13.4. The maximum atomic E-state index is 13.4. The summed E-state index contributed by atoms with van der Waals surface area (Å²) >= 11 is 0. The van der Waals surface area contributed by atoms with Gasteiger partial charge in [-0.2, -0.15) is 0 Å². The molecule has 1 amide bonds. The average molecular weight is 357 g/mol. The maximum Gasteiger partial charge on any atom is 0.280 e. The van der Waals surface area contributed by atoms with Gasteiger partial charge in [0.05, 0.1) is 22.8 Å². The highest BCUT2D eigenvalue weighted by molar-refractivity contribution is 6.03. The lowest BCUT2D eigenvalue weighted by molar-refractivity contribution is 0.102. The van der Waals surface area contributed by atoms with Gasteiger partial charge in [-0.05, 0) is 45.0 Å². The lowest BCUT2D eigenvalue weighted by Crippen LogP contribution is -2.30. The zero-order valence-corrected chi connectivity index (χ0v) is 14.7. The van der Waals surface area contributed by atoms with Gasteiger partial charge in [-0.15, -0.1) is 5.10 Å². The molecule has 0 saturated carbocycles. The Morgan fingerprint density at radius 1 is 1.35 bits per heavy atom. The van der Waals surface area contributed by atoms with Crippen LogP contribution in [-0.2, 0) is 7.05 Å². The van der Waals surface area contributed by atoms with E-state index in [0.29, 0.717) is 11.5 Å². The van der Waals surface area contributed by atoms with Gasteiger partial charge in [-0.25, -0.2) is 14.1 Å². The molecule has 0 spiro atoms. The van der Waals surface area contributed by atoms with Gasteiger partial charge in [0, 0.05) is 13.1 Å². The molecular weight excluding hydrogens is 337 g/mol. The third-order valence-electron chi connectivity index (χ3n) is 4.87. The van der Waals surface area contributed by atoms with Crippen molar-refractivity contribution in [3.05, 3.63) is 35.4 Å². The molecule has 1 saturated heterocycles. The van der Waals surface area contributed by atoms with E-state index in [9.17, 15) is 9.18 Å². The van der Waals surface area contributed by atoms with Crippen molar-refractivity contribution >= 4 is 22.9 Å². The van der Waals surface area contributed by atoms with Crippen LogP contribution in [0.25, 0.3) is 11.0 Å². The molecule has 26 heavy (non-hydrogen) atoms. The van der Waals surface area contributed by atoms with Gasteiger partial charge in [0.25, 0.3) is 5.91 Å². The van der Waals surface area contributed by atoms with Gasteiger partial charge in [-0.1, -0.05) is 5.21 Å². The lowest BCUT2D eigenvalue weighted by atomic mass is 10.1. The minimum atomic E-state index is -0.374. The topological polar surface area (TPSA) is 89.7 Å². The summed E-state index contributed by atoms with van der Waals surface area (Å²) in [6.45, 7) is 3.71. The van der Waals surface area contributed by atoms with Crippen molar-refractivity contribution in [2.75, 3.05) is 18.4 Å². The van der Waals surface area contributed by atoms with E-state index in [1.54, 1.807) is 17.7 Å². The zero-order valence-electron chi connectivity index (χ0n) is 14.7. The fraction of sp³-hybridized carbons (Fsp3) is 0.412. The predicted molar refractivity (Wildman–Crippen MR) is 94.5 cm³/mol. The van der Waals surface area contributed by atoms with Crippen LogP contribution < -0.4 is 10.6 Å².